The van der Waals surface area contributed by atoms with Crippen molar-refractivity contribution in [2.75, 3.05) is 25.0 Å². The minimum Gasteiger partial charge on any atom is -0.388 e. The average Bonchev–Trinajstić information content (AvgIpc) is 2.71. The van der Waals surface area contributed by atoms with Crippen LogP contribution in [-0.4, -0.2) is 30.8 Å². The van der Waals surface area contributed by atoms with Gasteiger partial charge in [0.25, 0.3) is 0 Å². The van der Waals surface area contributed by atoms with E-state index in [-0.39, 0.29) is 11.9 Å². The largest absolute Gasteiger partial charge is 0.388 e. The average molecular weight is 266 g/mol. The number of hydrogen-bond acceptors (Lipinski definition) is 3. The fraction of sp³-hybridized carbons (Fsp3) is 0.600. The summed E-state index contributed by atoms with van der Waals surface area (Å²) in [6, 6.07) is 3.58. The molecule has 1 heterocycles. The predicted octanol–water partition coefficient (Wildman–Crippen LogP) is 2.38. The number of aryl methyl sites for hydroxylation is 1. The summed E-state index contributed by atoms with van der Waals surface area (Å²) in [4.78, 5) is 2.15. The van der Waals surface area contributed by atoms with E-state index in [1.807, 2.05) is 27.0 Å². The molecule has 2 unspecified atom stereocenters. The van der Waals surface area contributed by atoms with Crippen LogP contribution < -0.4 is 10.2 Å². The molecule has 0 aliphatic carbocycles. The number of nitrogens with zero attached hydrogens (tertiary/aromatic N) is 1. The zero-order valence-corrected chi connectivity index (χ0v) is 12.1. The Labute approximate surface area is 114 Å². The molecule has 19 heavy (non-hydrogen) atoms. The molecule has 3 nitrogen and oxygen atoms in total. The molecule has 0 radical (unpaired) electrons. The van der Waals surface area contributed by atoms with Crippen molar-refractivity contribution in [3.05, 3.63) is 29.1 Å². The Morgan fingerprint density at radius 3 is 2.68 bits per heavy atom. The van der Waals surface area contributed by atoms with E-state index in [4.69, 9.17) is 0 Å². The highest BCUT2D eigenvalue weighted by molar-refractivity contribution is 5.58. The topological polar surface area (TPSA) is 35.5 Å². The molecule has 2 atom stereocenters. The van der Waals surface area contributed by atoms with Gasteiger partial charge in [-0.05, 0) is 57.5 Å². The van der Waals surface area contributed by atoms with Gasteiger partial charge in [0.2, 0.25) is 0 Å². The molecule has 0 aromatic heterocycles. The summed E-state index contributed by atoms with van der Waals surface area (Å²) in [7, 11) is 1.87. The van der Waals surface area contributed by atoms with Crippen molar-refractivity contribution in [2.24, 2.45) is 0 Å². The molecule has 1 fully saturated rings. The van der Waals surface area contributed by atoms with E-state index in [2.05, 4.69) is 10.2 Å². The van der Waals surface area contributed by atoms with Gasteiger partial charge in [-0.15, -0.1) is 0 Å². The third kappa shape index (κ3) is 2.90. The lowest BCUT2D eigenvalue weighted by atomic mass is 10.0. The second kappa shape index (κ2) is 5.10. The van der Waals surface area contributed by atoms with Crippen LogP contribution >= 0.6 is 0 Å². The van der Waals surface area contributed by atoms with Crippen molar-refractivity contribution >= 4 is 5.69 Å². The van der Waals surface area contributed by atoms with Gasteiger partial charge >= 0.3 is 0 Å². The quantitative estimate of drug-likeness (QED) is 0.881. The Morgan fingerprint density at radius 2 is 2.16 bits per heavy atom. The molecule has 0 saturated carbocycles. The molecular formula is C15H23FN2O. The number of halogens is 1. The van der Waals surface area contributed by atoms with Gasteiger partial charge in [-0.1, -0.05) is 0 Å². The first-order valence-electron chi connectivity index (χ1n) is 6.79. The summed E-state index contributed by atoms with van der Waals surface area (Å²) in [5, 5.41) is 13.3. The first-order valence-corrected chi connectivity index (χ1v) is 6.79. The normalized spacial score (nSPS) is 24.8. The highest BCUT2D eigenvalue weighted by Crippen LogP contribution is 2.33. The lowest BCUT2D eigenvalue weighted by Gasteiger charge is -2.26. The van der Waals surface area contributed by atoms with Crippen molar-refractivity contribution in [3.63, 3.8) is 0 Å². The van der Waals surface area contributed by atoms with Gasteiger partial charge in [-0.2, -0.15) is 0 Å². The summed E-state index contributed by atoms with van der Waals surface area (Å²) in [6.07, 6.45) is 0.747. The number of benzene rings is 1. The van der Waals surface area contributed by atoms with E-state index in [1.165, 1.54) is 0 Å². The van der Waals surface area contributed by atoms with Crippen molar-refractivity contribution in [3.8, 4) is 0 Å². The van der Waals surface area contributed by atoms with Crippen LogP contribution in [0, 0.1) is 12.7 Å². The van der Waals surface area contributed by atoms with Crippen LogP contribution in [0.2, 0.25) is 0 Å². The van der Waals surface area contributed by atoms with E-state index < -0.39 is 5.60 Å². The SMILES string of the molecule is CNC(C)c1cc(F)c(C)cc1N1CCC(C)(O)C1. The van der Waals surface area contributed by atoms with Gasteiger partial charge in [-0.3, -0.25) is 0 Å². The molecule has 1 aromatic rings. The van der Waals surface area contributed by atoms with Crippen molar-refractivity contribution in [1.29, 1.82) is 0 Å². The third-order valence-corrected chi connectivity index (χ3v) is 4.00. The molecule has 106 valence electrons. The first-order chi connectivity index (χ1) is 8.84. The second-order valence-electron chi connectivity index (χ2n) is 5.84. The van der Waals surface area contributed by atoms with Crippen LogP contribution in [0.1, 0.15) is 37.4 Å². The van der Waals surface area contributed by atoms with Gasteiger partial charge in [0.05, 0.1) is 5.60 Å². The Kier molecular flexibility index (Phi) is 3.83. The zero-order valence-electron chi connectivity index (χ0n) is 12.1. The number of β-amino-alcohol motifs (C(OH)–C–C–N with tert-alkyl or cyclic N) is 1. The Hall–Kier alpha value is -1.13. The molecule has 2 N–H and O–H groups in total. The van der Waals surface area contributed by atoms with E-state index in [9.17, 15) is 9.50 Å². The van der Waals surface area contributed by atoms with E-state index in [1.54, 1.807) is 13.0 Å². The minimum absolute atomic E-state index is 0.0793. The fourth-order valence-corrected chi connectivity index (χ4v) is 2.61. The lowest BCUT2D eigenvalue weighted by molar-refractivity contribution is 0.0839. The van der Waals surface area contributed by atoms with E-state index >= 15 is 0 Å². The summed E-state index contributed by atoms with van der Waals surface area (Å²) < 4.78 is 13.8. The summed E-state index contributed by atoms with van der Waals surface area (Å²) in [6.45, 7) is 7.05. The highest BCUT2D eigenvalue weighted by atomic mass is 19.1. The fourth-order valence-electron chi connectivity index (χ4n) is 2.61. The molecule has 1 aromatic carbocycles. The van der Waals surface area contributed by atoms with E-state index in [0.29, 0.717) is 12.1 Å². The maximum Gasteiger partial charge on any atom is 0.126 e. The summed E-state index contributed by atoms with van der Waals surface area (Å²) in [5.41, 5.74) is 1.97. The highest BCUT2D eigenvalue weighted by Gasteiger charge is 2.33. The van der Waals surface area contributed by atoms with Crippen LogP contribution in [0.15, 0.2) is 12.1 Å². The number of hydrogen-bond donors (Lipinski definition) is 2. The van der Waals surface area contributed by atoms with Crippen molar-refractivity contribution in [1.82, 2.24) is 5.32 Å². The van der Waals surface area contributed by atoms with Gasteiger partial charge in [0.15, 0.2) is 0 Å². The Morgan fingerprint density at radius 1 is 1.47 bits per heavy atom. The molecule has 2 rings (SSSR count). The van der Waals surface area contributed by atoms with Crippen molar-refractivity contribution in [2.45, 2.75) is 38.8 Å². The van der Waals surface area contributed by atoms with Crippen LogP contribution in [0.5, 0.6) is 0 Å². The van der Waals surface area contributed by atoms with Crippen LogP contribution in [0.25, 0.3) is 0 Å². The van der Waals surface area contributed by atoms with Gasteiger partial charge in [0.1, 0.15) is 5.82 Å². The number of nitrogens with one attached hydrogen (secondary N) is 1. The van der Waals surface area contributed by atoms with E-state index in [0.717, 1.165) is 24.2 Å². The smallest absolute Gasteiger partial charge is 0.126 e. The zero-order chi connectivity index (χ0) is 14.2. The Bertz CT molecular complexity index is 473. The van der Waals surface area contributed by atoms with Gasteiger partial charge in [0, 0.05) is 24.8 Å². The van der Waals surface area contributed by atoms with Crippen LogP contribution in [0.3, 0.4) is 0 Å². The van der Waals surface area contributed by atoms with Crippen molar-refractivity contribution < 1.29 is 9.50 Å². The maximum atomic E-state index is 13.8. The number of aliphatic hydroxyl groups is 1. The third-order valence-electron chi connectivity index (χ3n) is 4.00. The lowest BCUT2D eigenvalue weighted by Crippen LogP contribution is -2.30. The molecule has 1 saturated heterocycles. The summed E-state index contributed by atoms with van der Waals surface area (Å²) >= 11 is 0. The predicted molar refractivity (Wildman–Crippen MR) is 76.1 cm³/mol. The molecule has 1 aliphatic heterocycles. The standard InChI is InChI=1S/C15H23FN2O/c1-10-7-14(18-6-5-15(3,19)9-18)12(8-13(10)16)11(2)17-4/h7-8,11,17,19H,5-6,9H2,1-4H3. The molecule has 1 aliphatic rings. The first kappa shape index (κ1) is 14.3. The molecule has 4 heteroatoms. The van der Waals surface area contributed by atoms with Crippen LogP contribution in [-0.2, 0) is 0 Å². The van der Waals surface area contributed by atoms with Gasteiger partial charge < -0.3 is 15.3 Å². The number of anilines is 1. The van der Waals surface area contributed by atoms with Crippen LogP contribution in [0.4, 0.5) is 10.1 Å². The monoisotopic (exact) mass is 266 g/mol. The molecule has 0 amide bonds. The van der Waals surface area contributed by atoms with Gasteiger partial charge in [-0.25, -0.2) is 4.39 Å². The second-order valence-corrected chi connectivity index (χ2v) is 5.84. The minimum atomic E-state index is -0.650. The molecular weight excluding hydrogens is 243 g/mol. The number of rotatable bonds is 3. The summed E-state index contributed by atoms with van der Waals surface area (Å²) in [5.74, 6) is -0.174. The maximum absolute atomic E-state index is 13.8. The molecule has 0 spiro atoms. The Balaban J connectivity index is 2.41. The molecule has 0 bridgehead atoms.